The number of nitrogens with two attached hydrogens (primary N) is 1. The molecule has 0 aliphatic rings. The molecule has 1 unspecified atom stereocenters. The van der Waals surface area contributed by atoms with E-state index >= 15 is 0 Å². The monoisotopic (exact) mass is 416 g/mol. The van der Waals surface area contributed by atoms with E-state index in [0.717, 1.165) is 5.56 Å². The van der Waals surface area contributed by atoms with Crippen LogP contribution in [0.2, 0.25) is 0 Å². The van der Waals surface area contributed by atoms with Crippen LogP contribution in [0.1, 0.15) is 11.1 Å². The summed E-state index contributed by atoms with van der Waals surface area (Å²) in [5, 5.41) is 18.1. The summed E-state index contributed by atoms with van der Waals surface area (Å²) >= 11 is 0. The Hall–Kier alpha value is -2.52. The molecule has 3 aromatic rings. The van der Waals surface area contributed by atoms with E-state index in [1.54, 1.807) is 36.4 Å². The van der Waals surface area contributed by atoms with Crippen LogP contribution in [0.15, 0.2) is 87.5 Å². The highest BCUT2D eigenvalue weighted by Crippen LogP contribution is 2.32. The maximum Gasteiger partial charge on any atom is 0.239 e. The number of primary sulfonamides is 1. The van der Waals surface area contributed by atoms with E-state index in [2.05, 4.69) is 5.32 Å². The van der Waals surface area contributed by atoms with Gasteiger partial charge in [0.05, 0.1) is 28.0 Å². The van der Waals surface area contributed by atoms with Crippen LogP contribution in [-0.4, -0.2) is 17.7 Å². The summed E-state index contributed by atoms with van der Waals surface area (Å²) in [6.07, 6.45) is 0. The SMILES string of the molecule is NS(=O)(=O)c1cc(CO)cc(NCc2ccccc2)c1S(=O)c1ccccc1. The van der Waals surface area contributed by atoms with E-state index in [1.165, 1.54) is 6.07 Å². The molecule has 3 rings (SSSR count). The Morgan fingerprint density at radius 2 is 1.54 bits per heavy atom. The Bertz CT molecular complexity index is 1090. The second kappa shape index (κ2) is 8.66. The Morgan fingerprint density at radius 1 is 0.929 bits per heavy atom. The van der Waals surface area contributed by atoms with Gasteiger partial charge in [-0.05, 0) is 35.4 Å². The van der Waals surface area contributed by atoms with Crippen LogP contribution in [0.25, 0.3) is 0 Å². The summed E-state index contributed by atoms with van der Waals surface area (Å²) in [7, 11) is -5.96. The summed E-state index contributed by atoms with van der Waals surface area (Å²) in [6.45, 7) is 0.0135. The second-order valence-electron chi connectivity index (χ2n) is 6.09. The first-order valence-corrected chi connectivity index (χ1v) is 11.1. The lowest BCUT2D eigenvalue weighted by atomic mass is 10.2. The van der Waals surface area contributed by atoms with Gasteiger partial charge in [-0.25, -0.2) is 17.8 Å². The highest BCUT2D eigenvalue weighted by molar-refractivity contribution is 7.91. The lowest BCUT2D eigenvalue weighted by Gasteiger charge is -2.17. The summed E-state index contributed by atoms with van der Waals surface area (Å²) in [4.78, 5) is 0.255. The predicted molar refractivity (Wildman–Crippen MR) is 109 cm³/mol. The molecule has 1 atom stereocenters. The van der Waals surface area contributed by atoms with E-state index in [0.29, 0.717) is 22.7 Å². The average molecular weight is 417 g/mol. The third-order valence-electron chi connectivity index (χ3n) is 4.07. The molecule has 3 aromatic carbocycles. The predicted octanol–water partition coefficient (Wildman–Crippen LogP) is 2.61. The maximum atomic E-state index is 13.2. The minimum atomic E-state index is -4.17. The van der Waals surface area contributed by atoms with Crippen molar-refractivity contribution < 1.29 is 17.7 Å². The van der Waals surface area contributed by atoms with Crippen molar-refractivity contribution in [3.63, 3.8) is 0 Å². The number of benzene rings is 3. The number of sulfonamides is 1. The first-order chi connectivity index (χ1) is 13.4. The molecule has 6 nitrogen and oxygen atoms in total. The highest BCUT2D eigenvalue weighted by atomic mass is 32.2. The fourth-order valence-electron chi connectivity index (χ4n) is 2.74. The average Bonchev–Trinajstić information content (AvgIpc) is 2.71. The van der Waals surface area contributed by atoms with Crippen LogP contribution in [0.3, 0.4) is 0 Å². The largest absolute Gasteiger partial charge is 0.392 e. The van der Waals surface area contributed by atoms with Crippen molar-refractivity contribution in [3.8, 4) is 0 Å². The van der Waals surface area contributed by atoms with Crippen molar-refractivity contribution in [2.24, 2.45) is 5.14 Å². The molecule has 0 radical (unpaired) electrons. The van der Waals surface area contributed by atoms with Gasteiger partial charge in [-0.15, -0.1) is 0 Å². The lowest BCUT2D eigenvalue weighted by Crippen LogP contribution is -2.17. The summed E-state index contributed by atoms with van der Waals surface area (Å²) < 4.78 is 37.7. The molecule has 28 heavy (non-hydrogen) atoms. The third-order valence-corrected chi connectivity index (χ3v) is 6.65. The van der Waals surface area contributed by atoms with Crippen molar-refractivity contribution in [1.82, 2.24) is 0 Å². The molecule has 0 saturated heterocycles. The van der Waals surface area contributed by atoms with E-state index in [-0.39, 0.29) is 16.4 Å². The van der Waals surface area contributed by atoms with Gasteiger partial charge >= 0.3 is 0 Å². The van der Waals surface area contributed by atoms with Crippen LogP contribution >= 0.6 is 0 Å². The molecule has 146 valence electrons. The van der Waals surface area contributed by atoms with Gasteiger partial charge in [0.2, 0.25) is 10.0 Å². The number of nitrogens with one attached hydrogen (secondary N) is 1. The normalized spacial score (nSPS) is 12.5. The number of hydrogen-bond donors (Lipinski definition) is 3. The molecule has 0 aliphatic heterocycles. The number of aliphatic hydroxyl groups is 1. The van der Waals surface area contributed by atoms with Gasteiger partial charge in [-0.2, -0.15) is 0 Å². The van der Waals surface area contributed by atoms with Crippen LogP contribution in [-0.2, 0) is 34.0 Å². The smallest absolute Gasteiger partial charge is 0.239 e. The molecule has 0 spiro atoms. The van der Waals surface area contributed by atoms with Crippen molar-refractivity contribution in [2.75, 3.05) is 5.32 Å². The van der Waals surface area contributed by atoms with Crippen molar-refractivity contribution in [1.29, 1.82) is 0 Å². The Labute approximate surface area is 166 Å². The molecule has 0 amide bonds. The molecule has 8 heteroatoms. The molecule has 0 heterocycles. The zero-order valence-corrected chi connectivity index (χ0v) is 16.5. The van der Waals surface area contributed by atoms with Crippen molar-refractivity contribution in [3.05, 3.63) is 83.9 Å². The summed E-state index contributed by atoms with van der Waals surface area (Å²) in [6, 6.07) is 20.9. The quantitative estimate of drug-likeness (QED) is 0.548. The Kier molecular flexibility index (Phi) is 6.25. The third kappa shape index (κ3) is 4.66. The first-order valence-electron chi connectivity index (χ1n) is 8.45. The van der Waals surface area contributed by atoms with E-state index in [9.17, 15) is 17.7 Å². The van der Waals surface area contributed by atoms with Gasteiger partial charge in [0.25, 0.3) is 0 Å². The maximum absolute atomic E-state index is 13.2. The van der Waals surface area contributed by atoms with Gasteiger partial charge in [0.15, 0.2) is 0 Å². The number of rotatable bonds is 7. The van der Waals surface area contributed by atoms with Gasteiger partial charge in [0.1, 0.15) is 4.90 Å². The van der Waals surface area contributed by atoms with Gasteiger partial charge in [-0.3, -0.25) is 0 Å². The van der Waals surface area contributed by atoms with Crippen LogP contribution in [0.4, 0.5) is 5.69 Å². The molecule has 0 aromatic heterocycles. The van der Waals surface area contributed by atoms with Gasteiger partial charge in [-0.1, -0.05) is 48.5 Å². The van der Waals surface area contributed by atoms with Crippen LogP contribution < -0.4 is 10.5 Å². The molecular weight excluding hydrogens is 396 g/mol. The van der Waals surface area contributed by atoms with E-state index in [4.69, 9.17) is 5.14 Å². The van der Waals surface area contributed by atoms with E-state index in [1.807, 2.05) is 30.3 Å². The fourth-order valence-corrected chi connectivity index (χ4v) is 5.21. The molecule has 0 fully saturated rings. The number of hydrogen-bond acceptors (Lipinski definition) is 5. The second-order valence-corrected chi connectivity index (χ2v) is 9.04. The standard InChI is InChI=1S/C20H20N2O4S2/c21-28(25,26)19-12-16(14-23)11-18(22-13-15-7-3-1-4-8-15)20(19)27(24)17-9-5-2-6-10-17/h1-12,22-23H,13-14H2,(H2,21,25,26). The van der Waals surface area contributed by atoms with Crippen LogP contribution in [0.5, 0.6) is 0 Å². The Balaban J connectivity index is 2.14. The fraction of sp³-hybridized carbons (Fsp3) is 0.100. The minimum absolute atomic E-state index is 0.0711. The van der Waals surface area contributed by atoms with Crippen molar-refractivity contribution >= 4 is 26.5 Å². The number of anilines is 1. The zero-order chi connectivity index (χ0) is 20.1. The van der Waals surface area contributed by atoms with Gasteiger partial charge < -0.3 is 10.4 Å². The topological polar surface area (TPSA) is 109 Å². The molecular formula is C20H20N2O4S2. The summed E-state index contributed by atoms with van der Waals surface area (Å²) in [5.74, 6) is 0. The Morgan fingerprint density at radius 3 is 2.11 bits per heavy atom. The highest BCUT2D eigenvalue weighted by Gasteiger charge is 2.24. The van der Waals surface area contributed by atoms with E-state index < -0.39 is 20.8 Å². The molecule has 0 bridgehead atoms. The first kappa shape index (κ1) is 20.2. The molecule has 0 aliphatic carbocycles. The minimum Gasteiger partial charge on any atom is -0.392 e. The summed E-state index contributed by atoms with van der Waals surface area (Å²) in [5.41, 5.74) is 1.67. The number of aliphatic hydroxyl groups excluding tert-OH is 1. The lowest BCUT2D eigenvalue weighted by molar-refractivity contribution is 0.281. The van der Waals surface area contributed by atoms with Crippen molar-refractivity contribution in [2.45, 2.75) is 27.8 Å². The molecule has 0 saturated carbocycles. The van der Waals surface area contributed by atoms with Crippen LogP contribution in [0, 0.1) is 0 Å². The zero-order valence-electron chi connectivity index (χ0n) is 14.9. The van der Waals surface area contributed by atoms with Gasteiger partial charge in [0, 0.05) is 11.4 Å². The molecule has 4 N–H and O–H groups in total.